The smallest absolute Gasteiger partial charge is 0.251 e. The summed E-state index contributed by atoms with van der Waals surface area (Å²) < 4.78 is 6.81. The van der Waals surface area contributed by atoms with E-state index >= 15 is 0 Å². The molecule has 3 heterocycles. The third-order valence-electron chi connectivity index (χ3n) is 2.64. The van der Waals surface area contributed by atoms with Crippen LogP contribution >= 0.6 is 0 Å². The molecule has 3 rings (SSSR count). The van der Waals surface area contributed by atoms with Gasteiger partial charge in [-0.05, 0) is 18.2 Å². The highest BCUT2D eigenvalue weighted by atomic mass is 16.5. The van der Waals surface area contributed by atoms with Crippen molar-refractivity contribution >= 4 is 16.6 Å². The van der Waals surface area contributed by atoms with E-state index < -0.39 is 0 Å². The average Bonchev–Trinajstić information content (AvgIpc) is 2.76. The molecule has 0 aliphatic rings. The van der Waals surface area contributed by atoms with Gasteiger partial charge in [0.05, 0.1) is 12.6 Å². The Balaban J connectivity index is 2.53. The van der Waals surface area contributed by atoms with E-state index in [1.165, 1.54) is 7.11 Å². The SMILES string of the molecule is COc1nc2c3cccnc3ccn2c1C#N. The van der Waals surface area contributed by atoms with E-state index in [-0.39, 0.29) is 0 Å². The average molecular weight is 224 g/mol. The Bertz CT molecular complexity index is 754. The number of imidazole rings is 1. The number of fused-ring (bicyclic) bond motifs is 3. The molecule has 17 heavy (non-hydrogen) atoms. The van der Waals surface area contributed by atoms with E-state index in [9.17, 15) is 0 Å². The highest BCUT2D eigenvalue weighted by Crippen LogP contribution is 2.24. The first kappa shape index (κ1) is 9.60. The fraction of sp³-hybridized carbons (Fsp3) is 0.0833. The summed E-state index contributed by atoms with van der Waals surface area (Å²) in [4.78, 5) is 8.55. The van der Waals surface area contributed by atoms with Crippen LogP contribution in [-0.4, -0.2) is 21.5 Å². The van der Waals surface area contributed by atoms with E-state index in [0.717, 1.165) is 10.9 Å². The molecule has 0 aliphatic carbocycles. The van der Waals surface area contributed by atoms with Gasteiger partial charge >= 0.3 is 0 Å². The zero-order chi connectivity index (χ0) is 11.8. The van der Waals surface area contributed by atoms with Crippen molar-refractivity contribution in [2.75, 3.05) is 7.11 Å². The zero-order valence-electron chi connectivity index (χ0n) is 9.08. The Kier molecular flexibility index (Phi) is 1.95. The second-order valence-corrected chi connectivity index (χ2v) is 3.53. The van der Waals surface area contributed by atoms with Gasteiger partial charge in [-0.15, -0.1) is 0 Å². The highest BCUT2D eigenvalue weighted by molar-refractivity contribution is 5.91. The van der Waals surface area contributed by atoms with Crippen molar-refractivity contribution in [3.63, 3.8) is 0 Å². The number of pyridine rings is 2. The lowest BCUT2D eigenvalue weighted by Gasteiger charge is -1.98. The van der Waals surface area contributed by atoms with Crippen LogP contribution in [0, 0.1) is 11.3 Å². The lowest BCUT2D eigenvalue weighted by Crippen LogP contribution is -1.90. The largest absolute Gasteiger partial charge is 0.479 e. The maximum absolute atomic E-state index is 9.10. The summed E-state index contributed by atoms with van der Waals surface area (Å²) in [6.45, 7) is 0. The first-order valence-corrected chi connectivity index (χ1v) is 5.05. The second-order valence-electron chi connectivity index (χ2n) is 3.53. The molecule has 0 amide bonds. The molecule has 0 spiro atoms. The van der Waals surface area contributed by atoms with Crippen LogP contribution in [-0.2, 0) is 0 Å². The summed E-state index contributed by atoms with van der Waals surface area (Å²) in [7, 11) is 1.50. The zero-order valence-corrected chi connectivity index (χ0v) is 9.08. The molecule has 0 saturated heterocycles. The van der Waals surface area contributed by atoms with Crippen molar-refractivity contribution in [2.24, 2.45) is 0 Å². The van der Waals surface area contributed by atoms with Gasteiger partial charge in [0.25, 0.3) is 5.88 Å². The Hall–Kier alpha value is -2.61. The van der Waals surface area contributed by atoms with Gasteiger partial charge in [0.1, 0.15) is 6.07 Å². The van der Waals surface area contributed by atoms with E-state index in [1.807, 2.05) is 18.2 Å². The summed E-state index contributed by atoms with van der Waals surface area (Å²) >= 11 is 0. The van der Waals surface area contributed by atoms with Crippen molar-refractivity contribution in [3.05, 3.63) is 36.3 Å². The molecule has 0 aliphatic heterocycles. The molecule has 0 N–H and O–H groups in total. The molecule has 0 aromatic carbocycles. The van der Waals surface area contributed by atoms with Crippen molar-refractivity contribution in [2.45, 2.75) is 0 Å². The number of rotatable bonds is 1. The van der Waals surface area contributed by atoms with E-state index in [4.69, 9.17) is 10.00 Å². The molecular formula is C12H8N4O. The topological polar surface area (TPSA) is 63.2 Å². The summed E-state index contributed by atoms with van der Waals surface area (Å²) in [6, 6.07) is 7.71. The predicted octanol–water partition coefficient (Wildman–Crippen LogP) is 1.76. The van der Waals surface area contributed by atoms with Crippen LogP contribution in [0.15, 0.2) is 30.6 Å². The molecule has 0 fully saturated rings. The summed E-state index contributed by atoms with van der Waals surface area (Å²) in [6.07, 6.45) is 3.50. The maximum atomic E-state index is 9.10. The van der Waals surface area contributed by atoms with Crippen molar-refractivity contribution < 1.29 is 4.74 Å². The molecule has 82 valence electrons. The first-order valence-electron chi connectivity index (χ1n) is 5.05. The van der Waals surface area contributed by atoms with Gasteiger partial charge in [0.15, 0.2) is 11.3 Å². The van der Waals surface area contributed by atoms with Gasteiger partial charge < -0.3 is 4.74 Å². The van der Waals surface area contributed by atoms with Gasteiger partial charge in [-0.25, -0.2) is 0 Å². The number of hydrogen-bond donors (Lipinski definition) is 0. The van der Waals surface area contributed by atoms with E-state index in [0.29, 0.717) is 17.2 Å². The standard InChI is InChI=1S/C12H8N4O/c1-17-12-10(7-13)16-6-4-9-8(11(16)15-12)3-2-5-14-9/h2-6H,1H3. The Morgan fingerprint density at radius 1 is 1.41 bits per heavy atom. The fourth-order valence-electron chi connectivity index (χ4n) is 1.88. The summed E-state index contributed by atoms with van der Waals surface area (Å²) in [5, 5.41) is 10.0. The molecule has 0 bridgehead atoms. The monoisotopic (exact) mass is 224 g/mol. The highest BCUT2D eigenvalue weighted by Gasteiger charge is 2.14. The Morgan fingerprint density at radius 2 is 2.29 bits per heavy atom. The summed E-state index contributed by atoms with van der Waals surface area (Å²) in [5.41, 5.74) is 1.93. The molecule has 5 heteroatoms. The van der Waals surface area contributed by atoms with Crippen LogP contribution < -0.4 is 4.74 Å². The molecule has 0 unspecified atom stereocenters. The Morgan fingerprint density at radius 3 is 3.06 bits per heavy atom. The van der Waals surface area contributed by atoms with E-state index in [2.05, 4.69) is 16.0 Å². The third-order valence-corrected chi connectivity index (χ3v) is 2.64. The fourth-order valence-corrected chi connectivity index (χ4v) is 1.88. The van der Waals surface area contributed by atoms with Gasteiger partial charge in [-0.2, -0.15) is 10.2 Å². The lowest BCUT2D eigenvalue weighted by atomic mass is 10.2. The third kappa shape index (κ3) is 1.24. The minimum Gasteiger partial charge on any atom is -0.479 e. The quantitative estimate of drug-likeness (QED) is 0.631. The van der Waals surface area contributed by atoms with Crippen LogP contribution in [0.4, 0.5) is 0 Å². The second kappa shape index (κ2) is 3.46. The van der Waals surface area contributed by atoms with Crippen LogP contribution in [0.25, 0.3) is 16.6 Å². The predicted molar refractivity (Wildman–Crippen MR) is 61.8 cm³/mol. The number of nitriles is 1. The molecule has 0 radical (unpaired) electrons. The van der Waals surface area contributed by atoms with Crippen LogP contribution in [0.2, 0.25) is 0 Å². The normalized spacial score (nSPS) is 10.6. The minimum atomic E-state index is 0.337. The van der Waals surface area contributed by atoms with Gasteiger partial charge in [-0.1, -0.05) is 0 Å². The van der Waals surface area contributed by atoms with Gasteiger partial charge in [0.2, 0.25) is 0 Å². The van der Waals surface area contributed by atoms with Crippen molar-refractivity contribution in [1.29, 1.82) is 5.26 Å². The van der Waals surface area contributed by atoms with Crippen LogP contribution in [0.1, 0.15) is 5.69 Å². The Labute approximate surface area is 96.9 Å². The summed E-state index contributed by atoms with van der Waals surface area (Å²) in [5.74, 6) is 0.337. The molecule has 5 nitrogen and oxygen atoms in total. The number of aromatic nitrogens is 3. The number of hydrogen-bond acceptors (Lipinski definition) is 4. The van der Waals surface area contributed by atoms with Crippen molar-refractivity contribution in [1.82, 2.24) is 14.4 Å². The molecular weight excluding hydrogens is 216 g/mol. The maximum Gasteiger partial charge on any atom is 0.251 e. The number of ether oxygens (including phenoxy) is 1. The molecule has 3 aromatic heterocycles. The first-order chi connectivity index (χ1) is 8.35. The number of nitrogens with zero attached hydrogens (tertiary/aromatic N) is 4. The van der Waals surface area contributed by atoms with Crippen molar-refractivity contribution in [3.8, 4) is 11.9 Å². The molecule has 0 atom stereocenters. The van der Waals surface area contributed by atoms with Gasteiger partial charge in [-0.3, -0.25) is 9.38 Å². The van der Waals surface area contributed by atoms with Crippen LogP contribution in [0.3, 0.4) is 0 Å². The van der Waals surface area contributed by atoms with Crippen LogP contribution in [0.5, 0.6) is 5.88 Å². The van der Waals surface area contributed by atoms with Gasteiger partial charge in [0, 0.05) is 17.8 Å². The minimum absolute atomic E-state index is 0.337. The molecule has 0 saturated carbocycles. The number of methoxy groups -OCH3 is 1. The van der Waals surface area contributed by atoms with E-state index in [1.54, 1.807) is 16.8 Å². The lowest BCUT2D eigenvalue weighted by molar-refractivity contribution is 0.399. The molecule has 3 aromatic rings.